The van der Waals surface area contributed by atoms with Gasteiger partial charge in [0.25, 0.3) is 0 Å². The third-order valence-corrected chi connectivity index (χ3v) is 2.45. The first-order valence-corrected chi connectivity index (χ1v) is 5.36. The molecule has 0 aliphatic carbocycles. The second-order valence-corrected chi connectivity index (χ2v) is 3.56. The van der Waals surface area contributed by atoms with Crippen LogP contribution in [-0.4, -0.2) is 27.9 Å². The minimum Gasteiger partial charge on any atom is -0.301 e. The van der Waals surface area contributed by atoms with E-state index in [-0.39, 0.29) is 23.3 Å². The van der Waals surface area contributed by atoms with Crippen LogP contribution < -0.4 is 5.32 Å². The molecule has 74 valence electrons. The van der Waals surface area contributed by atoms with Crippen molar-refractivity contribution in [3.05, 3.63) is 11.1 Å². The fraction of sp³-hybridized carbons (Fsp3) is 0.143. The molecule has 0 spiro atoms. The molecule has 0 aliphatic heterocycles. The summed E-state index contributed by atoms with van der Waals surface area (Å²) in [4.78, 5) is 25.7. The predicted octanol–water partition coefficient (Wildman–Crippen LogP) is 1.50. The van der Waals surface area contributed by atoms with Crippen LogP contribution in [-0.2, 0) is 4.79 Å². The fourth-order valence-electron chi connectivity index (χ4n) is 0.657. The molecule has 0 atom stereocenters. The lowest BCUT2D eigenvalue weighted by Gasteiger charge is -1.94. The number of Topliss-reactive ketones (excluding diaryl/α,β-unsaturated/α-hetero) is 1. The zero-order valence-electron chi connectivity index (χ0n) is 6.82. The molecular formula is C7H5ClN2O2S2. The van der Waals surface area contributed by atoms with Crippen LogP contribution in [0.1, 0.15) is 10.5 Å². The molecule has 0 unspecified atom stereocenters. The van der Waals surface area contributed by atoms with Crippen LogP contribution >= 0.6 is 35.2 Å². The Morgan fingerprint density at radius 2 is 2.43 bits per heavy atom. The number of rotatable bonds is 4. The van der Waals surface area contributed by atoms with Crippen LogP contribution in [0.5, 0.6) is 0 Å². The zero-order valence-corrected chi connectivity index (χ0v) is 9.21. The number of carbonyl (C=O) groups excluding carboxylic acids is 2. The van der Waals surface area contributed by atoms with E-state index in [2.05, 4.69) is 22.5 Å². The molecule has 7 heteroatoms. The molecule has 0 saturated carbocycles. The molecule has 0 aromatic carbocycles. The van der Waals surface area contributed by atoms with Crippen LogP contribution in [0.15, 0.2) is 5.38 Å². The van der Waals surface area contributed by atoms with Gasteiger partial charge in [0, 0.05) is 5.38 Å². The van der Waals surface area contributed by atoms with Crippen LogP contribution in [0.3, 0.4) is 0 Å². The Morgan fingerprint density at radius 3 is 3.00 bits per heavy atom. The van der Waals surface area contributed by atoms with E-state index in [1.165, 1.54) is 5.38 Å². The second kappa shape index (κ2) is 5.14. The van der Waals surface area contributed by atoms with Gasteiger partial charge in [-0.2, -0.15) is 0 Å². The summed E-state index contributed by atoms with van der Waals surface area (Å²) in [6.07, 6.45) is 0. The highest BCUT2D eigenvalue weighted by Gasteiger charge is 2.09. The summed E-state index contributed by atoms with van der Waals surface area (Å²) in [5.41, 5.74) is 0.231. The Morgan fingerprint density at radius 1 is 1.71 bits per heavy atom. The molecule has 0 fully saturated rings. The van der Waals surface area contributed by atoms with Crippen molar-refractivity contribution in [2.45, 2.75) is 0 Å². The van der Waals surface area contributed by atoms with E-state index in [4.69, 9.17) is 11.6 Å². The van der Waals surface area contributed by atoms with Crippen molar-refractivity contribution < 1.29 is 9.59 Å². The van der Waals surface area contributed by atoms with Crippen molar-refractivity contribution in [2.24, 2.45) is 0 Å². The van der Waals surface area contributed by atoms with E-state index in [1.54, 1.807) is 0 Å². The number of thiocarbonyl (C=S) groups is 1. The molecule has 0 radical (unpaired) electrons. The summed E-state index contributed by atoms with van der Waals surface area (Å²) in [5, 5.41) is 5.30. The minimum atomic E-state index is -0.359. The molecule has 4 nitrogen and oxygen atoms in total. The number of halogens is 1. The maximum Gasteiger partial charge on any atom is 0.241 e. The largest absolute Gasteiger partial charge is 0.301 e. The van der Waals surface area contributed by atoms with Crippen LogP contribution in [0.4, 0.5) is 5.13 Å². The molecule has 1 aromatic rings. The van der Waals surface area contributed by atoms with Crippen molar-refractivity contribution in [3.63, 3.8) is 0 Å². The van der Waals surface area contributed by atoms with Gasteiger partial charge < -0.3 is 5.32 Å². The van der Waals surface area contributed by atoms with E-state index >= 15 is 0 Å². The van der Waals surface area contributed by atoms with E-state index < -0.39 is 0 Å². The van der Waals surface area contributed by atoms with E-state index in [1.807, 2.05) is 0 Å². The van der Waals surface area contributed by atoms with E-state index in [9.17, 15) is 9.59 Å². The summed E-state index contributed by atoms with van der Waals surface area (Å²) in [6, 6.07) is 0. The van der Waals surface area contributed by atoms with E-state index in [0.29, 0.717) is 5.13 Å². The van der Waals surface area contributed by atoms with Crippen molar-refractivity contribution in [1.82, 2.24) is 4.98 Å². The van der Waals surface area contributed by atoms with Crippen LogP contribution in [0.2, 0.25) is 0 Å². The summed E-state index contributed by atoms with van der Waals surface area (Å²) in [7, 11) is 0. The van der Waals surface area contributed by atoms with Gasteiger partial charge in [0.2, 0.25) is 11.7 Å². The van der Waals surface area contributed by atoms with Crippen LogP contribution in [0.25, 0.3) is 0 Å². The number of thiazole rings is 1. The predicted molar refractivity (Wildman–Crippen MR) is 59.4 cm³/mol. The highest BCUT2D eigenvalue weighted by molar-refractivity contribution is 7.80. The summed E-state index contributed by atoms with van der Waals surface area (Å²) < 4.78 is 0. The number of ketones is 1. The van der Waals surface area contributed by atoms with Gasteiger partial charge in [0.05, 0.1) is 5.37 Å². The van der Waals surface area contributed by atoms with Crippen molar-refractivity contribution in [1.29, 1.82) is 0 Å². The highest BCUT2D eigenvalue weighted by atomic mass is 35.5. The van der Waals surface area contributed by atoms with Gasteiger partial charge in [-0.25, -0.2) is 4.98 Å². The van der Waals surface area contributed by atoms with Gasteiger partial charge in [0.15, 0.2) is 5.13 Å². The Bertz CT molecular complexity index is 378. The number of amides is 1. The number of alkyl halides is 1. The first-order valence-electron chi connectivity index (χ1n) is 3.48. The summed E-state index contributed by atoms with van der Waals surface area (Å²) in [6.45, 7) is 0. The highest BCUT2D eigenvalue weighted by Crippen LogP contribution is 2.15. The first-order chi connectivity index (χ1) is 6.67. The summed E-state index contributed by atoms with van der Waals surface area (Å²) >= 11 is 10.9. The lowest BCUT2D eigenvalue weighted by molar-refractivity contribution is -0.113. The molecule has 1 heterocycles. The second-order valence-electron chi connectivity index (χ2n) is 2.20. The zero-order chi connectivity index (χ0) is 10.6. The quantitative estimate of drug-likeness (QED) is 0.498. The molecule has 0 bridgehead atoms. The standard InChI is InChI=1S/C7H5ClN2O2S2/c8-1-6(12)10-7-9-4(3-14-7)5(11)2-13/h2-3H,1H2,(H,9,10,12). The molecule has 1 rings (SSSR count). The first kappa shape index (κ1) is 11.2. The minimum absolute atomic E-state index is 0.143. The molecule has 1 N–H and O–H groups in total. The van der Waals surface area contributed by atoms with Gasteiger partial charge in [0.1, 0.15) is 11.6 Å². The molecule has 14 heavy (non-hydrogen) atoms. The third kappa shape index (κ3) is 2.83. The maximum atomic E-state index is 11.0. The number of carbonyl (C=O) groups is 2. The normalized spacial score (nSPS) is 9.50. The SMILES string of the molecule is O=C(CCl)Nc1nc(C(=O)C=S)cs1. The van der Waals surface area contributed by atoms with Gasteiger partial charge in [-0.1, -0.05) is 12.2 Å². The number of hydrogen-bond acceptors (Lipinski definition) is 5. The smallest absolute Gasteiger partial charge is 0.241 e. The average molecular weight is 249 g/mol. The molecular weight excluding hydrogens is 244 g/mol. The number of aromatic nitrogens is 1. The Balaban J connectivity index is 2.73. The van der Waals surface area contributed by atoms with Gasteiger partial charge in [-0.3, -0.25) is 9.59 Å². The Hall–Kier alpha value is -0.850. The monoisotopic (exact) mass is 248 g/mol. The van der Waals surface area contributed by atoms with Gasteiger partial charge in [-0.15, -0.1) is 22.9 Å². The maximum absolute atomic E-state index is 11.0. The molecule has 1 aromatic heterocycles. The number of nitrogens with one attached hydrogen (secondary N) is 1. The third-order valence-electron chi connectivity index (χ3n) is 1.23. The van der Waals surface area contributed by atoms with Gasteiger partial charge >= 0.3 is 0 Å². The van der Waals surface area contributed by atoms with Crippen molar-refractivity contribution >= 4 is 57.3 Å². The fourth-order valence-corrected chi connectivity index (χ4v) is 1.56. The Kier molecular flexibility index (Phi) is 4.12. The number of hydrogen-bond donors (Lipinski definition) is 1. The van der Waals surface area contributed by atoms with E-state index in [0.717, 1.165) is 16.7 Å². The number of nitrogens with zero attached hydrogens (tertiary/aromatic N) is 1. The van der Waals surface area contributed by atoms with Crippen LogP contribution in [0, 0.1) is 0 Å². The van der Waals surface area contributed by atoms with Gasteiger partial charge in [-0.05, 0) is 0 Å². The average Bonchev–Trinajstić information content (AvgIpc) is 2.65. The topological polar surface area (TPSA) is 59.1 Å². The van der Waals surface area contributed by atoms with Crippen molar-refractivity contribution in [3.8, 4) is 0 Å². The molecule has 1 amide bonds. The Labute approximate surface area is 94.3 Å². The lowest BCUT2D eigenvalue weighted by Crippen LogP contribution is -2.12. The molecule has 0 saturated heterocycles. The number of anilines is 1. The van der Waals surface area contributed by atoms with Crippen molar-refractivity contribution in [2.75, 3.05) is 11.2 Å². The lowest BCUT2D eigenvalue weighted by atomic mass is 10.4. The molecule has 0 aliphatic rings. The summed E-state index contributed by atoms with van der Waals surface area (Å²) in [5.74, 6) is -0.847.